The Bertz CT molecular complexity index is 1080. The third kappa shape index (κ3) is 4.15. The lowest BCUT2D eigenvalue weighted by molar-refractivity contribution is -0.385. The number of methoxy groups -OCH3 is 1. The van der Waals surface area contributed by atoms with Crippen LogP contribution in [0, 0.1) is 14.9 Å². The number of aromatic amines is 1. The van der Waals surface area contributed by atoms with E-state index < -0.39 is 4.92 Å². The molecule has 9 heteroatoms. The summed E-state index contributed by atoms with van der Waals surface area (Å²) in [6, 6.07) is 13.8. The van der Waals surface area contributed by atoms with Crippen LogP contribution in [0.5, 0.6) is 5.75 Å². The number of hydrogen-bond donors (Lipinski definition) is 1. The molecule has 3 aromatic rings. The molecular formula is C18H15N5O3S. The van der Waals surface area contributed by atoms with E-state index in [4.69, 9.17) is 17.0 Å². The highest BCUT2D eigenvalue weighted by Crippen LogP contribution is 2.22. The number of allylic oxidation sites excluding steroid dienone is 1. The fourth-order valence-electron chi connectivity index (χ4n) is 2.39. The Morgan fingerprint density at radius 2 is 2.11 bits per heavy atom. The van der Waals surface area contributed by atoms with Crippen LogP contribution in [-0.2, 0) is 0 Å². The van der Waals surface area contributed by atoms with E-state index in [1.54, 1.807) is 37.5 Å². The van der Waals surface area contributed by atoms with Crippen molar-refractivity contribution in [3.05, 3.63) is 75.1 Å². The average molecular weight is 381 g/mol. The van der Waals surface area contributed by atoms with Gasteiger partial charge >= 0.3 is 0 Å². The molecule has 0 amide bonds. The second-order valence-electron chi connectivity index (χ2n) is 5.34. The Kier molecular flexibility index (Phi) is 5.53. The lowest BCUT2D eigenvalue weighted by atomic mass is 10.2. The van der Waals surface area contributed by atoms with Crippen molar-refractivity contribution >= 4 is 30.2 Å². The summed E-state index contributed by atoms with van der Waals surface area (Å²) >= 11 is 5.22. The summed E-state index contributed by atoms with van der Waals surface area (Å²) in [6.45, 7) is 0. The van der Waals surface area contributed by atoms with E-state index in [0.29, 0.717) is 21.9 Å². The van der Waals surface area contributed by atoms with Crippen molar-refractivity contribution in [2.45, 2.75) is 0 Å². The zero-order chi connectivity index (χ0) is 19.2. The molecule has 0 aliphatic heterocycles. The Morgan fingerprint density at radius 1 is 1.30 bits per heavy atom. The summed E-state index contributed by atoms with van der Waals surface area (Å²) in [5, 5.41) is 22.2. The van der Waals surface area contributed by atoms with Crippen molar-refractivity contribution in [2.24, 2.45) is 5.10 Å². The van der Waals surface area contributed by atoms with Gasteiger partial charge in [-0.1, -0.05) is 24.3 Å². The van der Waals surface area contributed by atoms with Gasteiger partial charge in [-0.15, -0.1) is 0 Å². The van der Waals surface area contributed by atoms with Crippen LogP contribution in [0.15, 0.2) is 59.7 Å². The quantitative estimate of drug-likeness (QED) is 0.300. The van der Waals surface area contributed by atoms with Crippen molar-refractivity contribution in [3.8, 4) is 17.1 Å². The first-order valence-corrected chi connectivity index (χ1v) is 8.27. The van der Waals surface area contributed by atoms with E-state index in [1.807, 2.05) is 24.3 Å². The topological polar surface area (TPSA) is 98.3 Å². The van der Waals surface area contributed by atoms with Gasteiger partial charge in [-0.05, 0) is 42.6 Å². The zero-order valence-electron chi connectivity index (χ0n) is 14.3. The van der Waals surface area contributed by atoms with Crippen LogP contribution in [0.2, 0.25) is 0 Å². The minimum atomic E-state index is -0.427. The predicted octanol–water partition coefficient (Wildman–Crippen LogP) is 4.07. The van der Waals surface area contributed by atoms with Gasteiger partial charge in [-0.3, -0.25) is 10.1 Å². The molecule has 0 bridgehead atoms. The number of ether oxygens (including phenoxy) is 1. The Labute approximate surface area is 159 Å². The van der Waals surface area contributed by atoms with Crippen LogP contribution in [0.1, 0.15) is 5.56 Å². The Balaban J connectivity index is 1.88. The third-order valence-electron chi connectivity index (χ3n) is 3.66. The summed E-state index contributed by atoms with van der Waals surface area (Å²) in [6.07, 6.45) is 4.70. The zero-order valence-corrected chi connectivity index (χ0v) is 15.1. The molecule has 0 radical (unpaired) electrons. The first-order valence-electron chi connectivity index (χ1n) is 7.86. The minimum Gasteiger partial charge on any atom is -0.497 e. The van der Waals surface area contributed by atoms with Crippen molar-refractivity contribution in [1.82, 2.24) is 14.9 Å². The number of nitro groups is 1. The summed E-state index contributed by atoms with van der Waals surface area (Å²) in [5.41, 5.74) is 1.29. The Hall–Kier alpha value is -3.59. The summed E-state index contributed by atoms with van der Waals surface area (Å²) < 4.78 is 7.01. The summed E-state index contributed by atoms with van der Waals surface area (Å²) in [7, 11) is 1.59. The molecule has 136 valence electrons. The highest BCUT2D eigenvalue weighted by atomic mass is 32.1. The SMILES string of the molecule is COc1cccc(-c2n[nH]c(=S)n2/N=C\C=C\c2ccccc2[N+](=O)[O-])c1. The predicted molar refractivity (Wildman–Crippen MR) is 105 cm³/mol. The molecule has 0 spiro atoms. The molecule has 0 aliphatic carbocycles. The largest absolute Gasteiger partial charge is 0.497 e. The molecule has 0 unspecified atom stereocenters. The van der Waals surface area contributed by atoms with Crippen LogP contribution in [0.3, 0.4) is 0 Å². The molecule has 27 heavy (non-hydrogen) atoms. The maximum Gasteiger partial charge on any atom is 0.276 e. The van der Waals surface area contributed by atoms with Crippen LogP contribution < -0.4 is 4.74 Å². The van der Waals surface area contributed by atoms with Gasteiger partial charge in [0.2, 0.25) is 4.77 Å². The summed E-state index contributed by atoms with van der Waals surface area (Å²) in [5.74, 6) is 1.21. The van der Waals surface area contributed by atoms with Gasteiger partial charge in [0.25, 0.3) is 5.69 Å². The molecule has 2 aromatic carbocycles. The van der Waals surface area contributed by atoms with Gasteiger partial charge in [0, 0.05) is 17.8 Å². The fourth-order valence-corrected chi connectivity index (χ4v) is 2.57. The van der Waals surface area contributed by atoms with Crippen molar-refractivity contribution in [3.63, 3.8) is 0 Å². The molecule has 0 fully saturated rings. The molecular weight excluding hydrogens is 366 g/mol. The Morgan fingerprint density at radius 3 is 2.89 bits per heavy atom. The van der Waals surface area contributed by atoms with Crippen molar-refractivity contribution in [1.29, 1.82) is 0 Å². The number of nitro benzene ring substituents is 1. The molecule has 3 rings (SSSR count). The van der Waals surface area contributed by atoms with Gasteiger partial charge in [0.15, 0.2) is 5.82 Å². The highest BCUT2D eigenvalue weighted by Gasteiger charge is 2.10. The lowest BCUT2D eigenvalue weighted by Crippen LogP contribution is -1.94. The van der Waals surface area contributed by atoms with Gasteiger partial charge < -0.3 is 4.74 Å². The summed E-state index contributed by atoms with van der Waals surface area (Å²) in [4.78, 5) is 10.6. The van der Waals surface area contributed by atoms with E-state index in [1.165, 1.54) is 17.0 Å². The number of benzene rings is 2. The maximum atomic E-state index is 11.0. The van der Waals surface area contributed by atoms with Gasteiger partial charge in [-0.25, -0.2) is 5.10 Å². The molecule has 0 aliphatic rings. The smallest absolute Gasteiger partial charge is 0.276 e. The van der Waals surface area contributed by atoms with Gasteiger partial charge in [0.05, 0.1) is 17.6 Å². The second-order valence-corrected chi connectivity index (χ2v) is 5.72. The van der Waals surface area contributed by atoms with Crippen LogP contribution in [-0.4, -0.2) is 33.1 Å². The first kappa shape index (κ1) is 18.2. The maximum absolute atomic E-state index is 11.0. The van der Waals surface area contributed by atoms with Gasteiger partial charge in [0.1, 0.15) is 5.75 Å². The minimum absolute atomic E-state index is 0.0270. The molecule has 0 saturated heterocycles. The number of H-pyrrole nitrogens is 1. The number of aromatic nitrogens is 3. The monoisotopic (exact) mass is 381 g/mol. The lowest BCUT2D eigenvalue weighted by Gasteiger charge is -2.03. The number of para-hydroxylation sites is 1. The molecule has 1 N–H and O–H groups in total. The molecule has 0 saturated carbocycles. The number of hydrogen-bond acceptors (Lipinski definition) is 6. The van der Waals surface area contributed by atoms with E-state index in [2.05, 4.69) is 15.3 Å². The molecule has 0 atom stereocenters. The van der Waals surface area contributed by atoms with E-state index in [9.17, 15) is 10.1 Å². The number of nitrogens with one attached hydrogen (secondary N) is 1. The van der Waals surface area contributed by atoms with Crippen LogP contribution in [0.4, 0.5) is 5.69 Å². The molecule has 8 nitrogen and oxygen atoms in total. The van der Waals surface area contributed by atoms with E-state index in [-0.39, 0.29) is 5.69 Å². The van der Waals surface area contributed by atoms with Crippen LogP contribution >= 0.6 is 12.2 Å². The highest BCUT2D eigenvalue weighted by molar-refractivity contribution is 7.71. The van der Waals surface area contributed by atoms with Crippen molar-refractivity contribution in [2.75, 3.05) is 7.11 Å². The second kappa shape index (κ2) is 8.19. The normalized spacial score (nSPS) is 11.3. The van der Waals surface area contributed by atoms with Gasteiger partial charge in [-0.2, -0.15) is 14.9 Å². The molecule has 1 heterocycles. The fraction of sp³-hybridized carbons (Fsp3) is 0.0556. The third-order valence-corrected chi connectivity index (χ3v) is 3.92. The first-order chi connectivity index (χ1) is 13.1. The van der Waals surface area contributed by atoms with Crippen molar-refractivity contribution < 1.29 is 9.66 Å². The van der Waals surface area contributed by atoms with Crippen LogP contribution in [0.25, 0.3) is 17.5 Å². The number of rotatable bonds is 6. The number of nitrogens with zero attached hydrogens (tertiary/aromatic N) is 4. The molecule has 1 aromatic heterocycles. The average Bonchev–Trinajstić information content (AvgIpc) is 3.06. The van der Waals surface area contributed by atoms with E-state index >= 15 is 0 Å². The standard InChI is InChI=1S/C18H15N5O3S/c1-26-15-9-4-7-14(12-15)17-20-21-18(27)22(17)19-11-5-8-13-6-2-3-10-16(13)23(24)25/h2-12H,1H3,(H,21,27)/b8-5+,19-11-. The van der Waals surface area contributed by atoms with E-state index in [0.717, 1.165) is 5.56 Å².